The highest BCUT2D eigenvalue weighted by molar-refractivity contribution is 6.08. The van der Waals surface area contributed by atoms with Crippen molar-refractivity contribution in [3.63, 3.8) is 0 Å². The molecule has 0 radical (unpaired) electrons. The number of nitrogens with one attached hydrogen (secondary N) is 1. The van der Waals surface area contributed by atoms with Gasteiger partial charge in [0.2, 0.25) is 5.91 Å². The van der Waals surface area contributed by atoms with E-state index in [0.29, 0.717) is 23.6 Å². The molecule has 3 rings (SSSR count). The number of carbonyl (C=O) groups is 3. The standard InChI is InChI=1S/C24H27N3O4.C2HF3O2/c1-5-30-19-12-10-18(11-13-19)27(23(29)20-9-7-15-31-20)21(17-8-6-14-25-16-17)22(28)26-24(2,3)4;3-2(4,5)1(6)7/h6-16,21H,5H2,1-4H3,(H,26,28);(H,6,7). The topological polar surface area (TPSA) is 122 Å². The third-order valence-electron chi connectivity index (χ3n) is 4.62. The third kappa shape index (κ3) is 8.64. The second kappa shape index (κ2) is 12.7. The van der Waals surface area contributed by atoms with Crippen LogP contribution in [0, 0.1) is 0 Å². The number of alkyl halides is 3. The van der Waals surface area contributed by atoms with E-state index in [-0.39, 0.29) is 11.7 Å². The number of aromatic nitrogens is 1. The van der Waals surface area contributed by atoms with Crippen LogP contribution in [0.2, 0.25) is 0 Å². The second-order valence-corrected chi connectivity index (χ2v) is 8.81. The molecule has 3 aromatic rings. The lowest BCUT2D eigenvalue weighted by Gasteiger charge is -2.33. The molecule has 0 spiro atoms. The van der Waals surface area contributed by atoms with E-state index in [0.717, 1.165) is 0 Å². The van der Waals surface area contributed by atoms with Gasteiger partial charge in [0, 0.05) is 29.2 Å². The van der Waals surface area contributed by atoms with Gasteiger partial charge >= 0.3 is 12.1 Å². The molecule has 0 saturated carbocycles. The Morgan fingerprint density at radius 2 is 1.71 bits per heavy atom. The number of anilines is 1. The minimum Gasteiger partial charge on any atom is -0.494 e. The lowest BCUT2D eigenvalue weighted by Crippen LogP contribution is -2.49. The van der Waals surface area contributed by atoms with Crippen molar-refractivity contribution in [2.24, 2.45) is 0 Å². The molecule has 2 amide bonds. The monoisotopic (exact) mass is 535 g/mol. The predicted octanol–water partition coefficient (Wildman–Crippen LogP) is 5.01. The summed E-state index contributed by atoms with van der Waals surface area (Å²) in [7, 11) is 0. The summed E-state index contributed by atoms with van der Waals surface area (Å²) < 4.78 is 42.6. The first kappa shape index (κ1) is 29.9. The largest absolute Gasteiger partial charge is 0.494 e. The first-order valence-electron chi connectivity index (χ1n) is 11.4. The fraction of sp³-hybridized carbons (Fsp3) is 0.308. The van der Waals surface area contributed by atoms with Gasteiger partial charge in [-0.1, -0.05) is 6.07 Å². The fourth-order valence-corrected chi connectivity index (χ4v) is 3.17. The van der Waals surface area contributed by atoms with Crippen LogP contribution in [0.1, 0.15) is 49.9 Å². The van der Waals surface area contributed by atoms with Crippen LogP contribution in [-0.4, -0.2) is 46.2 Å². The van der Waals surface area contributed by atoms with Crippen molar-refractivity contribution in [2.75, 3.05) is 11.5 Å². The van der Waals surface area contributed by atoms with Crippen LogP contribution in [0.25, 0.3) is 0 Å². The van der Waals surface area contributed by atoms with Gasteiger partial charge in [-0.3, -0.25) is 19.5 Å². The fourth-order valence-electron chi connectivity index (χ4n) is 3.17. The molecule has 204 valence electrons. The lowest BCUT2D eigenvalue weighted by atomic mass is 10.0. The molecular weight excluding hydrogens is 507 g/mol. The first-order chi connectivity index (χ1) is 17.7. The normalized spacial score (nSPS) is 12.0. The number of carboxylic acid groups (broad SMARTS) is 1. The minimum atomic E-state index is -5.08. The van der Waals surface area contributed by atoms with Crippen molar-refractivity contribution in [1.29, 1.82) is 0 Å². The molecule has 1 aromatic carbocycles. The molecule has 9 nitrogen and oxygen atoms in total. The summed E-state index contributed by atoms with van der Waals surface area (Å²) in [5, 5.41) is 10.1. The Morgan fingerprint density at radius 3 is 2.16 bits per heavy atom. The zero-order valence-electron chi connectivity index (χ0n) is 21.2. The summed E-state index contributed by atoms with van der Waals surface area (Å²) in [5.74, 6) is -2.71. The van der Waals surface area contributed by atoms with Crippen LogP contribution in [0.15, 0.2) is 71.6 Å². The van der Waals surface area contributed by atoms with Crippen LogP contribution in [-0.2, 0) is 9.59 Å². The van der Waals surface area contributed by atoms with Gasteiger partial charge in [-0.05, 0) is 70.2 Å². The number of aliphatic carboxylic acids is 1. The van der Waals surface area contributed by atoms with E-state index in [1.54, 1.807) is 60.9 Å². The van der Waals surface area contributed by atoms with Crippen molar-refractivity contribution in [2.45, 2.75) is 45.5 Å². The van der Waals surface area contributed by atoms with Crippen molar-refractivity contribution in [1.82, 2.24) is 10.3 Å². The summed E-state index contributed by atoms with van der Waals surface area (Å²) in [5.41, 5.74) is 0.622. The van der Waals surface area contributed by atoms with Gasteiger partial charge in [0.05, 0.1) is 12.9 Å². The number of ether oxygens (including phenoxy) is 1. The Kier molecular flexibility index (Phi) is 10.0. The third-order valence-corrected chi connectivity index (χ3v) is 4.62. The van der Waals surface area contributed by atoms with E-state index in [2.05, 4.69) is 10.3 Å². The maximum absolute atomic E-state index is 13.5. The summed E-state index contributed by atoms with van der Waals surface area (Å²) in [6.45, 7) is 8.10. The Hall–Kier alpha value is -4.35. The van der Waals surface area contributed by atoms with Crippen LogP contribution in [0.4, 0.5) is 18.9 Å². The first-order valence-corrected chi connectivity index (χ1v) is 11.4. The molecule has 12 heteroatoms. The van der Waals surface area contributed by atoms with Gasteiger partial charge in [0.1, 0.15) is 11.8 Å². The number of hydrogen-bond donors (Lipinski definition) is 2. The van der Waals surface area contributed by atoms with Gasteiger partial charge in [-0.15, -0.1) is 0 Å². The van der Waals surface area contributed by atoms with Gasteiger partial charge in [0.15, 0.2) is 5.76 Å². The van der Waals surface area contributed by atoms with E-state index in [9.17, 15) is 22.8 Å². The SMILES string of the molecule is CCOc1ccc(N(C(=O)c2ccco2)C(C(=O)NC(C)(C)C)c2cccnc2)cc1.O=C(O)C(F)(F)F. The second-order valence-electron chi connectivity index (χ2n) is 8.81. The molecule has 0 saturated heterocycles. The highest BCUT2D eigenvalue weighted by Crippen LogP contribution is 2.31. The number of carbonyl (C=O) groups excluding carboxylic acids is 2. The maximum atomic E-state index is 13.5. The quantitative estimate of drug-likeness (QED) is 0.436. The van der Waals surface area contributed by atoms with Gasteiger partial charge in [-0.25, -0.2) is 4.79 Å². The van der Waals surface area contributed by atoms with Gasteiger partial charge < -0.3 is 19.6 Å². The Bertz CT molecular complexity index is 1190. The van der Waals surface area contributed by atoms with E-state index in [4.69, 9.17) is 19.1 Å². The maximum Gasteiger partial charge on any atom is 0.490 e. The number of benzene rings is 1. The molecule has 1 unspecified atom stereocenters. The average molecular weight is 536 g/mol. The number of pyridine rings is 1. The average Bonchev–Trinajstić information content (AvgIpc) is 3.37. The van der Waals surface area contributed by atoms with E-state index < -0.39 is 29.6 Å². The highest BCUT2D eigenvalue weighted by Gasteiger charge is 2.38. The van der Waals surface area contributed by atoms with Gasteiger partial charge in [-0.2, -0.15) is 13.2 Å². The minimum absolute atomic E-state index is 0.131. The van der Waals surface area contributed by atoms with Crippen LogP contribution in [0.3, 0.4) is 0 Å². The summed E-state index contributed by atoms with van der Waals surface area (Å²) >= 11 is 0. The van der Waals surface area contributed by atoms with E-state index in [1.807, 2.05) is 27.7 Å². The van der Waals surface area contributed by atoms with Crippen LogP contribution >= 0.6 is 0 Å². The van der Waals surface area contributed by atoms with Crippen molar-refractivity contribution >= 4 is 23.5 Å². The molecule has 1 atom stereocenters. The summed E-state index contributed by atoms with van der Waals surface area (Å²) in [6, 6.07) is 12.8. The molecule has 0 aliphatic carbocycles. The Labute approximate surface area is 217 Å². The molecule has 38 heavy (non-hydrogen) atoms. The Balaban J connectivity index is 0.000000638. The molecule has 0 aliphatic heterocycles. The zero-order chi connectivity index (χ0) is 28.5. The summed E-state index contributed by atoms with van der Waals surface area (Å²) in [4.78, 5) is 41.4. The van der Waals surface area contributed by atoms with Crippen molar-refractivity contribution < 1.29 is 41.8 Å². The molecule has 2 aromatic heterocycles. The predicted molar refractivity (Wildman–Crippen MR) is 132 cm³/mol. The molecular formula is C26H28F3N3O6. The number of nitrogens with zero attached hydrogens (tertiary/aromatic N) is 2. The number of hydrogen-bond acceptors (Lipinski definition) is 6. The van der Waals surface area contributed by atoms with Crippen molar-refractivity contribution in [3.8, 4) is 5.75 Å². The lowest BCUT2D eigenvalue weighted by molar-refractivity contribution is -0.192. The van der Waals surface area contributed by atoms with E-state index in [1.165, 1.54) is 11.2 Å². The molecule has 2 N–H and O–H groups in total. The van der Waals surface area contributed by atoms with Crippen LogP contribution in [0.5, 0.6) is 5.75 Å². The molecule has 2 heterocycles. The molecule has 0 fully saturated rings. The van der Waals surface area contributed by atoms with Crippen molar-refractivity contribution in [3.05, 3.63) is 78.5 Å². The van der Waals surface area contributed by atoms with E-state index >= 15 is 0 Å². The molecule has 0 aliphatic rings. The smallest absolute Gasteiger partial charge is 0.490 e. The number of halogens is 3. The number of rotatable bonds is 7. The highest BCUT2D eigenvalue weighted by atomic mass is 19.4. The molecule has 0 bridgehead atoms. The number of amides is 2. The Morgan fingerprint density at radius 1 is 1.08 bits per heavy atom. The van der Waals surface area contributed by atoms with Crippen LogP contribution < -0.4 is 15.0 Å². The zero-order valence-corrected chi connectivity index (χ0v) is 21.2. The summed E-state index contributed by atoms with van der Waals surface area (Å²) in [6.07, 6.45) is -0.445. The van der Waals surface area contributed by atoms with Gasteiger partial charge in [0.25, 0.3) is 5.91 Å². The number of furan rings is 1. The number of carboxylic acids is 1.